The Kier molecular flexibility index (Phi) is 4.45. The fourth-order valence-corrected chi connectivity index (χ4v) is 2.03. The number of aliphatic carboxylic acids is 1. The zero-order chi connectivity index (χ0) is 16.3. The molecule has 7 heteroatoms. The number of hydrogen-bond acceptors (Lipinski definition) is 4. The van der Waals surface area contributed by atoms with Crippen molar-refractivity contribution in [2.24, 2.45) is 0 Å². The van der Waals surface area contributed by atoms with Crippen LogP contribution in [0.2, 0.25) is 0 Å². The Hall–Kier alpha value is -2.83. The Morgan fingerprint density at radius 3 is 2.50 bits per heavy atom. The van der Waals surface area contributed by atoms with E-state index < -0.39 is 11.9 Å². The quantitative estimate of drug-likeness (QED) is 0.901. The van der Waals surface area contributed by atoms with Crippen LogP contribution in [-0.4, -0.2) is 52.4 Å². The summed E-state index contributed by atoms with van der Waals surface area (Å²) in [6, 6.07) is 8.88. The van der Waals surface area contributed by atoms with Gasteiger partial charge in [0.25, 0.3) is 5.91 Å². The van der Waals surface area contributed by atoms with Crippen molar-refractivity contribution in [3.8, 4) is 11.4 Å². The van der Waals surface area contributed by atoms with Crippen molar-refractivity contribution in [2.45, 2.75) is 6.92 Å². The number of rotatable bonds is 5. The Balaban J connectivity index is 2.27. The van der Waals surface area contributed by atoms with Gasteiger partial charge in [0.05, 0.1) is 12.8 Å². The molecule has 0 aliphatic carbocycles. The highest BCUT2D eigenvalue weighted by Crippen LogP contribution is 2.17. The standard InChI is InChI=1S/C15H17N3O4/c1-10-8-13(15(21)17(2)9-14(19)20)16-18(10)11-4-6-12(22-3)7-5-11/h4-8H,9H2,1-3H3,(H,19,20). The van der Waals surface area contributed by atoms with E-state index in [1.165, 1.54) is 7.05 Å². The first-order valence-electron chi connectivity index (χ1n) is 6.60. The molecule has 0 unspecified atom stereocenters. The third kappa shape index (κ3) is 3.25. The van der Waals surface area contributed by atoms with Crippen molar-refractivity contribution in [1.29, 1.82) is 0 Å². The lowest BCUT2D eigenvalue weighted by Gasteiger charge is -2.12. The number of carboxylic acid groups (broad SMARTS) is 1. The molecule has 1 amide bonds. The summed E-state index contributed by atoms with van der Waals surface area (Å²) in [6.45, 7) is 1.46. The maximum absolute atomic E-state index is 12.1. The van der Waals surface area contributed by atoms with Gasteiger partial charge in [-0.15, -0.1) is 0 Å². The van der Waals surface area contributed by atoms with Crippen LogP contribution in [0, 0.1) is 6.92 Å². The van der Waals surface area contributed by atoms with E-state index in [1.807, 2.05) is 19.1 Å². The highest BCUT2D eigenvalue weighted by Gasteiger charge is 2.18. The van der Waals surface area contributed by atoms with E-state index in [4.69, 9.17) is 9.84 Å². The summed E-state index contributed by atoms with van der Waals surface area (Å²) < 4.78 is 6.73. The molecule has 2 rings (SSSR count). The van der Waals surface area contributed by atoms with Crippen LogP contribution in [-0.2, 0) is 4.79 Å². The second-order valence-corrected chi connectivity index (χ2v) is 4.84. The third-order valence-corrected chi connectivity index (χ3v) is 3.14. The lowest BCUT2D eigenvalue weighted by atomic mass is 10.3. The van der Waals surface area contributed by atoms with Crippen LogP contribution >= 0.6 is 0 Å². The molecule has 22 heavy (non-hydrogen) atoms. The number of carbonyl (C=O) groups is 2. The topological polar surface area (TPSA) is 84.7 Å². The van der Waals surface area contributed by atoms with Crippen LogP contribution in [0.25, 0.3) is 5.69 Å². The normalized spacial score (nSPS) is 10.3. The molecule has 7 nitrogen and oxygen atoms in total. The molecule has 0 saturated carbocycles. The molecule has 0 bridgehead atoms. The molecule has 0 radical (unpaired) electrons. The van der Waals surface area contributed by atoms with E-state index in [-0.39, 0.29) is 12.2 Å². The number of hydrogen-bond donors (Lipinski definition) is 1. The Labute approximate surface area is 127 Å². The Morgan fingerprint density at radius 1 is 1.32 bits per heavy atom. The van der Waals surface area contributed by atoms with Gasteiger partial charge in [-0.1, -0.05) is 0 Å². The number of likely N-dealkylation sites (N-methyl/N-ethyl adjacent to an activating group) is 1. The van der Waals surface area contributed by atoms with Gasteiger partial charge < -0.3 is 14.7 Å². The lowest BCUT2D eigenvalue weighted by molar-refractivity contribution is -0.137. The molecule has 1 heterocycles. The summed E-state index contributed by atoms with van der Waals surface area (Å²) >= 11 is 0. The fraction of sp³-hybridized carbons (Fsp3) is 0.267. The SMILES string of the molecule is COc1ccc(-n2nc(C(=O)N(C)CC(=O)O)cc2C)cc1. The van der Waals surface area contributed by atoms with Gasteiger partial charge in [0.15, 0.2) is 5.69 Å². The van der Waals surface area contributed by atoms with Gasteiger partial charge in [-0.3, -0.25) is 9.59 Å². The van der Waals surface area contributed by atoms with Gasteiger partial charge in [0.2, 0.25) is 0 Å². The number of ether oxygens (including phenoxy) is 1. The second-order valence-electron chi connectivity index (χ2n) is 4.84. The predicted octanol–water partition coefficient (Wildman–Crippen LogP) is 1.35. The molecule has 0 fully saturated rings. The van der Waals surface area contributed by atoms with E-state index in [2.05, 4.69) is 5.10 Å². The molecule has 1 aromatic carbocycles. The minimum absolute atomic E-state index is 0.206. The van der Waals surface area contributed by atoms with Crippen molar-refractivity contribution >= 4 is 11.9 Å². The van der Waals surface area contributed by atoms with Crippen molar-refractivity contribution < 1.29 is 19.4 Å². The maximum Gasteiger partial charge on any atom is 0.323 e. The zero-order valence-corrected chi connectivity index (χ0v) is 12.6. The van der Waals surface area contributed by atoms with E-state index in [0.29, 0.717) is 0 Å². The first-order chi connectivity index (χ1) is 10.4. The molecule has 1 aromatic heterocycles. The number of nitrogens with zero attached hydrogens (tertiary/aromatic N) is 3. The number of carbonyl (C=O) groups excluding carboxylic acids is 1. The van der Waals surface area contributed by atoms with Crippen molar-refractivity contribution in [1.82, 2.24) is 14.7 Å². The summed E-state index contributed by atoms with van der Waals surface area (Å²) in [5, 5.41) is 13.0. The highest BCUT2D eigenvalue weighted by molar-refractivity contribution is 5.94. The van der Waals surface area contributed by atoms with Gasteiger partial charge >= 0.3 is 5.97 Å². The first-order valence-corrected chi connectivity index (χ1v) is 6.60. The number of aryl methyl sites for hydroxylation is 1. The van der Waals surface area contributed by atoms with Gasteiger partial charge in [-0.05, 0) is 37.3 Å². The second kappa shape index (κ2) is 6.30. The molecule has 116 valence electrons. The van der Waals surface area contributed by atoms with Crippen LogP contribution in [0.3, 0.4) is 0 Å². The number of methoxy groups -OCH3 is 1. The minimum Gasteiger partial charge on any atom is -0.497 e. The zero-order valence-electron chi connectivity index (χ0n) is 12.6. The molecule has 0 aliphatic rings. The first kappa shape index (κ1) is 15.6. The molecule has 2 aromatic rings. The summed E-state index contributed by atoms with van der Waals surface area (Å²) in [6.07, 6.45) is 0. The number of aromatic nitrogens is 2. The average Bonchev–Trinajstić information content (AvgIpc) is 2.87. The van der Waals surface area contributed by atoms with Crippen LogP contribution in [0.1, 0.15) is 16.2 Å². The van der Waals surface area contributed by atoms with E-state index in [1.54, 1.807) is 30.0 Å². The molecule has 0 saturated heterocycles. The lowest BCUT2D eigenvalue weighted by Crippen LogP contribution is -2.32. The maximum atomic E-state index is 12.1. The summed E-state index contributed by atoms with van der Waals surface area (Å²) in [4.78, 5) is 23.9. The molecule has 1 N–H and O–H groups in total. The van der Waals surface area contributed by atoms with Crippen molar-refractivity contribution in [3.05, 3.63) is 41.7 Å². The largest absolute Gasteiger partial charge is 0.497 e. The minimum atomic E-state index is -1.07. The summed E-state index contributed by atoms with van der Waals surface area (Å²) in [7, 11) is 3.02. The van der Waals surface area contributed by atoms with Gasteiger partial charge in [-0.2, -0.15) is 5.10 Å². The van der Waals surface area contributed by atoms with Crippen molar-refractivity contribution in [2.75, 3.05) is 20.7 Å². The Bertz CT molecular complexity index is 691. The van der Waals surface area contributed by atoms with Crippen LogP contribution in [0.15, 0.2) is 30.3 Å². The van der Waals surface area contributed by atoms with E-state index >= 15 is 0 Å². The smallest absolute Gasteiger partial charge is 0.323 e. The van der Waals surface area contributed by atoms with Crippen LogP contribution in [0.5, 0.6) is 5.75 Å². The Morgan fingerprint density at radius 2 is 1.95 bits per heavy atom. The van der Waals surface area contributed by atoms with Crippen molar-refractivity contribution in [3.63, 3.8) is 0 Å². The highest BCUT2D eigenvalue weighted by atomic mass is 16.5. The predicted molar refractivity (Wildman–Crippen MR) is 79.4 cm³/mol. The molecular formula is C15H17N3O4. The third-order valence-electron chi connectivity index (χ3n) is 3.14. The summed E-state index contributed by atoms with van der Waals surface area (Å²) in [5.41, 5.74) is 1.77. The van der Waals surface area contributed by atoms with Gasteiger partial charge in [-0.25, -0.2) is 4.68 Å². The molecule has 0 atom stereocenters. The number of benzene rings is 1. The van der Waals surface area contributed by atoms with E-state index in [0.717, 1.165) is 22.0 Å². The number of amides is 1. The van der Waals surface area contributed by atoms with Crippen LogP contribution in [0.4, 0.5) is 0 Å². The molecule has 0 aliphatic heterocycles. The van der Waals surface area contributed by atoms with Gasteiger partial charge in [0, 0.05) is 12.7 Å². The van der Waals surface area contributed by atoms with Crippen LogP contribution < -0.4 is 4.74 Å². The molecule has 0 spiro atoms. The average molecular weight is 303 g/mol. The van der Waals surface area contributed by atoms with Gasteiger partial charge in [0.1, 0.15) is 12.3 Å². The summed E-state index contributed by atoms with van der Waals surface area (Å²) in [5.74, 6) is -0.772. The number of carboxylic acids is 1. The molecular weight excluding hydrogens is 286 g/mol. The monoisotopic (exact) mass is 303 g/mol. The fourth-order valence-electron chi connectivity index (χ4n) is 2.03. The van der Waals surface area contributed by atoms with E-state index in [9.17, 15) is 9.59 Å².